The molecule has 0 amide bonds. The van der Waals surface area contributed by atoms with Crippen LogP contribution < -0.4 is 0 Å². The van der Waals surface area contributed by atoms with Crippen molar-refractivity contribution in [1.82, 2.24) is 69.0 Å². The van der Waals surface area contributed by atoms with Crippen LogP contribution in [0.1, 0.15) is 0 Å². The summed E-state index contributed by atoms with van der Waals surface area (Å²) in [6.45, 7) is 0. The smallest absolute Gasteiger partial charge is 0.141 e. The van der Waals surface area contributed by atoms with Crippen molar-refractivity contribution in [3.8, 4) is 23.3 Å². The zero-order chi connectivity index (χ0) is 21.6. The van der Waals surface area contributed by atoms with E-state index in [4.69, 9.17) is 0 Å². The summed E-state index contributed by atoms with van der Waals surface area (Å²) in [7, 11) is 0. The van der Waals surface area contributed by atoms with Crippen LogP contribution in [0.3, 0.4) is 0 Å². The summed E-state index contributed by atoms with van der Waals surface area (Å²) in [5.41, 5.74) is 0. The molecule has 0 saturated carbocycles. The molecule has 36 heavy (non-hydrogen) atoms. The first kappa shape index (κ1) is 28.7. The Kier molecular flexibility index (Phi) is 10.7. The maximum absolute atomic E-state index is 4.42. The van der Waals surface area contributed by atoms with Crippen LogP contribution in [0.4, 0.5) is 0 Å². The van der Waals surface area contributed by atoms with Crippen LogP contribution in [-0.4, -0.2) is 90.9 Å². The number of nitrogens with zero attached hydrogens (tertiary/aromatic N) is 14. The molecule has 0 radical (unpaired) electrons. The second-order valence-electron chi connectivity index (χ2n) is 6.18. The molecule has 6 rings (SSSR count). The van der Waals surface area contributed by atoms with Gasteiger partial charge in [0.25, 0.3) is 0 Å². The van der Waals surface area contributed by atoms with Crippen LogP contribution in [0.25, 0.3) is 23.3 Å². The number of pyridine rings is 2. The molecule has 18 heteroatoms. The third-order valence-corrected chi connectivity index (χ3v) is 4.17. The van der Waals surface area contributed by atoms with E-state index in [0.29, 0.717) is 0 Å². The van der Waals surface area contributed by atoms with Crippen LogP contribution in [0.15, 0.2) is 87.0 Å². The van der Waals surface area contributed by atoms with E-state index < -0.39 is 0 Å². The van der Waals surface area contributed by atoms with E-state index >= 15 is 0 Å². The third-order valence-electron chi connectivity index (χ3n) is 4.17. The zero-order valence-corrected chi connectivity index (χ0v) is 18.3. The van der Waals surface area contributed by atoms with E-state index in [0.717, 1.165) is 23.3 Å². The first-order chi connectivity index (χ1) is 15.9. The standard InChI is InChI=1S/2C9H7N7.4H2O/c2*1-2-8(15-4-10-11-5-15)14-9(3-1)16-6-12-13-7-16;;;;/h2*1-7H;4*1H2. The van der Waals surface area contributed by atoms with Crippen molar-refractivity contribution in [3.63, 3.8) is 0 Å². The third kappa shape index (κ3) is 6.39. The molecule has 18 nitrogen and oxygen atoms in total. The number of rotatable bonds is 4. The Balaban J connectivity index is 0.000000324. The highest BCUT2D eigenvalue weighted by atomic mass is 16.0. The normalized spacial score (nSPS) is 9.33. The lowest BCUT2D eigenvalue weighted by Crippen LogP contribution is -1.99. The highest BCUT2D eigenvalue weighted by Gasteiger charge is 2.02. The molecule has 0 aliphatic heterocycles. The van der Waals surface area contributed by atoms with Gasteiger partial charge >= 0.3 is 0 Å². The van der Waals surface area contributed by atoms with Crippen molar-refractivity contribution < 1.29 is 21.9 Å². The lowest BCUT2D eigenvalue weighted by atomic mass is 10.4. The molecule has 0 unspecified atom stereocenters. The van der Waals surface area contributed by atoms with Crippen molar-refractivity contribution >= 4 is 0 Å². The van der Waals surface area contributed by atoms with Gasteiger partial charge in [0, 0.05) is 0 Å². The first-order valence-electron chi connectivity index (χ1n) is 9.21. The van der Waals surface area contributed by atoms with Gasteiger partial charge in [-0.05, 0) is 24.3 Å². The molecular weight excluding hydrogens is 476 g/mol. The van der Waals surface area contributed by atoms with Crippen molar-refractivity contribution in [2.24, 2.45) is 0 Å². The molecule has 6 heterocycles. The Bertz CT molecular complexity index is 1170. The van der Waals surface area contributed by atoms with Crippen LogP contribution in [0.5, 0.6) is 0 Å². The minimum atomic E-state index is 0. The van der Waals surface area contributed by atoms with Crippen molar-refractivity contribution in [2.45, 2.75) is 0 Å². The summed E-state index contributed by atoms with van der Waals surface area (Å²) in [6, 6.07) is 11.3. The number of hydrogen-bond acceptors (Lipinski definition) is 10. The van der Waals surface area contributed by atoms with Crippen molar-refractivity contribution in [3.05, 3.63) is 87.0 Å². The Morgan fingerprint density at radius 3 is 0.722 bits per heavy atom. The van der Waals surface area contributed by atoms with Crippen LogP contribution >= 0.6 is 0 Å². The lowest BCUT2D eigenvalue weighted by molar-refractivity contribution is 0.823. The molecule has 188 valence electrons. The highest BCUT2D eigenvalue weighted by molar-refractivity contribution is 5.32. The quantitative estimate of drug-likeness (QED) is 0.240. The van der Waals surface area contributed by atoms with Crippen molar-refractivity contribution in [1.29, 1.82) is 0 Å². The molecule has 0 aromatic carbocycles. The fourth-order valence-corrected chi connectivity index (χ4v) is 2.68. The number of hydrogen-bond donors (Lipinski definition) is 0. The maximum Gasteiger partial charge on any atom is 0.141 e. The molecule has 0 fully saturated rings. The van der Waals surface area contributed by atoms with E-state index in [1.165, 1.54) is 0 Å². The maximum atomic E-state index is 4.42. The first-order valence-corrected chi connectivity index (χ1v) is 9.21. The Labute approximate surface area is 201 Å². The summed E-state index contributed by atoms with van der Waals surface area (Å²) in [6.07, 6.45) is 12.8. The van der Waals surface area contributed by atoms with Crippen LogP contribution in [0, 0.1) is 0 Å². The topological polar surface area (TPSA) is 275 Å². The van der Waals surface area contributed by atoms with Gasteiger partial charge in [-0.3, -0.25) is 18.3 Å². The molecule has 6 aromatic rings. The van der Waals surface area contributed by atoms with E-state index in [2.05, 4.69) is 50.8 Å². The van der Waals surface area contributed by atoms with E-state index in [1.807, 2.05) is 36.4 Å². The van der Waals surface area contributed by atoms with E-state index in [1.54, 1.807) is 68.9 Å². The molecule has 0 bridgehead atoms. The van der Waals surface area contributed by atoms with Gasteiger partial charge < -0.3 is 21.9 Å². The van der Waals surface area contributed by atoms with E-state index in [9.17, 15) is 0 Å². The predicted molar refractivity (Wildman–Crippen MR) is 123 cm³/mol. The molecule has 0 spiro atoms. The summed E-state index contributed by atoms with van der Waals surface area (Å²) in [5.74, 6) is 2.99. The number of aromatic nitrogens is 14. The second kappa shape index (κ2) is 13.4. The summed E-state index contributed by atoms with van der Waals surface area (Å²) in [5, 5.41) is 29.9. The Hall–Kier alpha value is -5.30. The van der Waals surface area contributed by atoms with Crippen LogP contribution in [0.2, 0.25) is 0 Å². The van der Waals surface area contributed by atoms with Gasteiger partial charge in [-0.1, -0.05) is 12.1 Å². The zero-order valence-electron chi connectivity index (χ0n) is 18.3. The van der Waals surface area contributed by atoms with Gasteiger partial charge in [-0.25, -0.2) is 9.97 Å². The van der Waals surface area contributed by atoms with E-state index in [-0.39, 0.29) is 21.9 Å². The average molecular weight is 498 g/mol. The van der Waals surface area contributed by atoms with Gasteiger partial charge in [0.2, 0.25) is 0 Å². The molecule has 6 aromatic heterocycles. The highest BCUT2D eigenvalue weighted by Crippen LogP contribution is 2.08. The molecule has 0 atom stereocenters. The predicted octanol–water partition coefficient (Wildman–Crippen LogP) is -2.81. The summed E-state index contributed by atoms with van der Waals surface area (Å²) < 4.78 is 6.92. The van der Waals surface area contributed by atoms with Gasteiger partial charge in [-0.2, -0.15) is 0 Å². The second-order valence-corrected chi connectivity index (χ2v) is 6.18. The minimum absolute atomic E-state index is 0. The van der Waals surface area contributed by atoms with Gasteiger partial charge in [-0.15, -0.1) is 40.8 Å². The molecule has 8 N–H and O–H groups in total. The largest absolute Gasteiger partial charge is 0.412 e. The fourth-order valence-electron chi connectivity index (χ4n) is 2.68. The average Bonchev–Trinajstić information content (AvgIpc) is 3.68. The summed E-state index contributed by atoms with van der Waals surface area (Å²) >= 11 is 0. The fraction of sp³-hybridized carbons (Fsp3) is 0. The van der Waals surface area contributed by atoms with Gasteiger partial charge in [0.05, 0.1) is 0 Å². The monoisotopic (exact) mass is 498 g/mol. The van der Waals surface area contributed by atoms with Gasteiger partial charge in [0.1, 0.15) is 73.9 Å². The molecular formula is C18H22N14O4. The lowest BCUT2D eigenvalue weighted by Gasteiger charge is -2.03. The SMILES string of the molecule is O.O.O.O.c1cc(-n2cnnc2)nc(-n2cnnc2)c1.c1cc(-n2cnnc2)nc(-n2cnnc2)c1. The Morgan fingerprint density at radius 1 is 0.333 bits per heavy atom. The molecule has 0 saturated heterocycles. The van der Waals surface area contributed by atoms with Crippen LogP contribution in [-0.2, 0) is 0 Å². The molecule has 0 aliphatic carbocycles. The van der Waals surface area contributed by atoms with Gasteiger partial charge in [0.15, 0.2) is 0 Å². The van der Waals surface area contributed by atoms with Crippen molar-refractivity contribution in [2.75, 3.05) is 0 Å². The summed E-state index contributed by atoms with van der Waals surface area (Å²) in [4.78, 5) is 8.85. The Morgan fingerprint density at radius 2 is 0.528 bits per heavy atom. The minimum Gasteiger partial charge on any atom is -0.412 e. The molecule has 0 aliphatic rings.